The number of carbonyl (C=O) groups excluding carboxylic acids is 1. The molecule has 25 heavy (non-hydrogen) atoms. The van der Waals surface area contributed by atoms with Crippen LogP contribution in [0.2, 0.25) is 0 Å². The predicted octanol–water partition coefficient (Wildman–Crippen LogP) is 0.155. The fourth-order valence-corrected chi connectivity index (χ4v) is 5.03. The average molecular weight is 368 g/mol. The lowest BCUT2D eigenvalue weighted by atomic mass is 9.89. The Bertz CT molecular complexity index is 761. The molecule has 4 heterocycles. The lowest BCUT2D eigenvalue weighted by molar-refractivity contribution is -0.178. The summed E-state index contributed by atoms with van der Waals surface area (Å²) < 4.78 is 33.4. The van der Waals surface area contributed by atoms with Crippen LogP contribution in [0.25, 0.3) is 0 Å². The van der Waals surface area contributed by atoms with Gasteiger partial charge in [-0.15, -0.1) is 0 Å². The van der Waals surface area contributed by atoms with E-state index in [1.807, 2.05) is 15.7 Å². The lowest BCUT2D eigenvalue weighted by Gasteiger charge is -2.45. The van der Waals surface area contributed by atoms with Crippen LogP contribution in [-0.4, -0.2) is 71.6 Å². The van der Waals surface area contributed by atoms with Crippen molar-refractivity contribution in [1.29, 1.82) is 0 Å². The number of ether oxygens (including phenoxy) is 1. The van der Waals surface area contributed by atoms with Gasteiger partial charge in [0.25, 0.3) is 5.91 Å². The van der Waals surface area contributed by atoms with Crippen molar-refractivity contribution in [3.63, 3.8) is 0 Å². The van der Waals surface area contributed by atoms with Gasteiger partial charge in [0.05, 0.1) is 12.8 Å². The SMILES string of the molecule is CS(=O)(=O)N1CCC2(CC1)OC(C(=O)N1CCCC1)Cn1ccnc12. The second kappa shape index (κ2) is 6.07. The number of amides is 1. The lowest BCUT2D eigenvalue weighted by Crippen LogP contribution is -2.54. The van der Waals surface area contributed by atoms with E-state index in [1.54, 1.807) is 6.20 Å². The molecule has 1 unspecified atom stereocenters. The molecule has 1 spiro atoms. The molecule has 2 saturated heterocycles. The second-order valence-electron chi connectivity index (χ2n) is 7.20. The number of rotatable bonds is 2. The van der Waals surface area contributed by atoms with E-state index in [4.69, 9.17) is 4.74 Å². The van der Waals surface area contributed by atoms with Gasteiger partial charge in [-0.25, -0.2) is 17.7 Å². The van der Waals surface area contributed by atoms with Gasteiger partial charge in [0.1, 0.15) is 11.4 Å². The van der Waals surface area contributed by atoms with Crippen LogP contribution in [0.4, 0.5) is 0 Å². The van der Waals surface area contributed by atoms with E-state index in [1.165, 1.54) is 10.6 Å². The van der Waals surface area contributed by atoms with Gasteiger partial charge >= 0.3 is 0 Å². The number of likely N-dealkylation sites (tertiary alicyclic amines) is 1. The van der Waals surface area contributed by atoms with Gasteiger partial charge in [0, 0.05) is 38.6 Å². The molecule has 1 amide bonds. The number of carbonyl (C=O) groups is 1. The fourth-order valence-electron chi connectivity index (χ4n) is 4.19. The molecule has 3 aliphatic heterocycles. The minimum Gasteiger partial charge on any atom is -0.352 e. The van der Waals surface area contributed by atoms with Crippen molar-refractivity contribution in [2.75, 3.05) is 32.4 Å². The van der Waals surface area contributed by atoms with Gasteiger partial charge in [-0.3, -0.25) is 4.79 Å². The monoisotopic (exact) mass is 368 g/mol. The topological polar surface area (TPSA) is 84.7 Å². The van der Waals surface area contributed by atoms with E-state index in [0.717, 1.165) is 31.8 Å². The number of imidazole rings is 1. The molecular formula is C16H24N4O4S. The van der Waals surface area contributed by atoms with Crippen LogP contribution < -0.4 is 0 Å². The number of aromatic nitrogens is 2. The Morgan fingerprint density at radius 3 is 2.56 bits per heavy atom. The highest BCUT2D eigenvalue weighted by Gasteiger charge is 2.48. The summed E-state index contributed by atoms with van der Waals surface area (Å²) in [5.41, 5.74) is -0.678. The zero-order chi connectivity index (χ0) is 17.7. The number of piperidine rings is 1. The predicted molar refractivity (Wildman–Crippen MR) is 90.2 cm³/mol. The molecule has 3 aliphatic rings. The Hall–Kier alpha value is -1.45. The Labute approximate surface area is 147 Å². The highest BCUT2D eigenvalue weighted by molar-refractivity contribution is 7.88. The van der Waals surface area contributed by atoms with Crippen molar-refractivity contribution in [2.45, 2.75) is 43.9 Å². The summed E-state index contributed by atoms with van der Waals surface area (Å²) >= 11 is 0. The molecule has 0 saturated carbocycles. The highest BCUT2D eigenvalue weighted by atomic mass is 32.2. The molecule has 0 aromatic carbocycles. The van der Waals surface area contributed by atoms with E-state index < -0.39 is 21.7 Å². The molecule has 2 fully saturated rings. The molecule has 0 radical (unpaired) electrons. The maximum Gasteiger partial charge on any atom is 0.253 e. The summed E-state index contributed by atoms with van der Waals surface area (Å²) in [6, 6.07) is 0. The number of sulfonamides is 1. The van der Waals surface area contributed by atoms with E-state index in [0.29, 0.717) is 32.5 Å². The minimum atomic E-state index is -3.21. The first-order valence-corrected chi connectivity index (χ1v) is 10.7. The van der Waals surface area contributed by atoms with Crippen LogP contribution in [0.3, 0.4) is 0 Å². The van der Waals surface area contributed by atoms with Crippen LogP contribution in [0.5, 0.6) is 0 Å². The van der Waals surface area contributed by atoms with Crippen molar-refractivity contribution >= 4 is 15.9 Å². The van der Waals surface area contributed by atoms with Gasteiger partial charge in [0.2, 0.25) is 10.0 Å². The Kier molecular flexibility index (Phi) is 4.12. The molecule has 0 aliphatic carbocycles. The molecule has 8 nitrogen and oxygen atoms in total. The summed E-state index contributed by atoms with van der Waals surface area (Å²) in [7, 11) is -3.21. The zero-order valence-electron chi connectivity index (χ0n) is 14.4. The Morgan fingerprint density at radius 1 is 1.24 bits per heavy atom. The zero-order valence-corrected chi connectivity index (χ0v) is 15.2. The molecule has 4 rings (SSSR count). The van der Waals surface area contributed by atoms with Gasteiger partial charge in [-0.05, 0) is 25.7 Å². The van der Waals surface area contributed by atoms with Gasteiger partial charge in [0.15, 0.2) is 6.10 Å². The first-order chi connectivity index (χ1) is 11.9. The summed E-state index contributed by atoms with van der Waals surface area (Å²) in [5, 5.41) is 0. The maximum atomic E-state index is 12.8. The van der Waals surface area contributed by atoms with Crippen molar-refractivity contribution in [3.05, 3.63) is 18.2 Å². The first kappa shape index (κ1) is 17.0. The standard InChI is InChI=1S/C16H24N4O4S/c1-25(22,23)20-9-4-16(5-10-20)15-17-6-11-19(15)12-13(24-16)14(21)18-7-2-3-8-18/h6,11,13H,2-5,7-10,12H2,1H3. The normalized spacial score (nSPS) is 26.8. The van der Waals surface area contributed by atoms with Crippen LogP contribution in [0.1, 0.15) is 31.5 Å². The van der Waals surface area contributed by atoms with Crippen LogP contribution in [-0.2, 0) is 31.7 Å². The average Bonchev–Trinajstić information content (AvgIpc) is 3.25. The van der Waals surface area contributed by atoms with Crippen LogP contribution in [0, 0.1) is 0 Å². The molecule has 138 valence electrons. The molecule has 0 N–H and O–H groups in total. The third-order valence-corrected chi connectivity index (χ3v) is 6.85. The molecule has 1 aromatic rings. The third kappa shape index (κ3) is 2.98. The van der Waals surface area contributed by atoms with E-state index >= 15 is 0 Å². The van der Waals surface area contributed by atoms with E-state index in [-0.39, 0.29) is 5.91 Å². The fraction of sp³-hybridized carbons (Fsp3) is 0.750. The Morgan fingerprint density at radius 2 is 1.92 bits per heavy atom. The smallest absolute Gasteiger partial charge is 0.253 e. The Balaban J connectivity index is 1.58. The summed E-state index contributed by atoms with van der Waals surface area (Å²) in [5.74, 6) is 0.855. The van der Waals surface area contributed by atoms with Crippen LogP contribution in [0.15, 0.2) is 12.4 Å². The van der Waals surface area contributed by atoms with Gasteiger partial charge in [-0.2, -0.15) is 0 Å². The van der Waals surface area contributed by atoms with Crippen molar-refractivity contribution in [3.8, 4) is 0 Å². The summed E-state index contributed by atoms with van der Waals surface area (Å²) in [6.07, 6.45) is 7.44. The number of hydrogen-bond acceptors (Lipinski definition) is 5. The van der Waals surface area contributed by atoms with Crippen molar-refractivity contribution in [2.24, 2.45) is 0 Å². The van der Waals surface area contributed by atoms with Gasteiger partial charge < -0.3 is 14.2 Å². The first-order valence-electron chi connectivity index (χ1n) is 8.82. The van der Waals surface area contributed by atoms with Gasteiger partial charge in [-0.1, -0.05) is 0 Å². The largest absolute Gasteiger partial charge is 0.352 e. The summed E-state index contributed by atoms with van der Waals surface area (Å²) in [6.45, 7) is 2.84. The van der Waals surface area contributed by atoms with E-state index in [9.17, 15) is 13.2 Å². The summed E-state index contributed by atoms with van der Waals surface area (Å²) in [4.78, 5) is 19.2. The van der Waals surface area contributed by atoms with E-state index in [2.05, 4.69) is 4.98 Å². The minimum absolute atomic E-state index is 0.0433. The highest BCUT2D eigenvalue weighted by Crippen LogP contribution is 2.40. The number of fused-ring (bicyclic) bond motifs is 2. The van der Waals surface area contributed by atoms with Crippen molar-refractivity contribution < 1.29 is 17.9 Å². The molecule has 1 atom stereocenters. The maximum absolute atomic E-state index is 12.8. The van der Waals surface area contributed by atoms with Crippen LogP contribution >= 0.6 is 0 Å². The second-order valence-corrected chi connectivity index (χ2v) is 9.18. The quantitative estimate of drug-likeness (QED) is 0.742. The molecule has 9 heteroatoms. The number of hydrogen-bond donors (Lipinski definition) is 0. The molecular weight excluding hydrogens is 344 g/mol. The van der Waals surface area contributed by atoms with Crippen molar-refractivity contribution in [1.82, 2.24) is 18.8 Å². The number of nitrogens with zero attached hydrogens (tertiary/aromatic N) is 4. The third-order valence-electron chi connectivity index (χ3n) is 5.55. The molecule has 1 aromatic heterocycles. The molecule has 0 bridgehead atoms.